The van der Waals surface area contributed by atoms with Crippen LogP contribution in [0.4, 0.5) is 13.2 Å². The summed E-state index contributed by atoms with van der Waals surface area (Å²) in [5, 5.41) is 0.945. The van der Waals surface area contributed by atoms with E-state index in [2.05, 4.69) is 20.7 Å². The van der Waals surface area contributed by atoms with Crippen molar-refractivity contribution in [2.24, 2.45) is 5.41 Å². The lowest BCUT2D eigenvalue weighted by Crippen LogP contribution is -2.33. The standard InChI is InChI=1S/C13H14BrF3O/c14-9-12(6-1-7-12)8-10-2-4-11(5-3-10)18-13(15,16)17/h2-5H,1,6-9H2. The van der Waals surface area contributed by atoms with E-state index in [4.69, 9.17) is 0 Å². The second-order valence-electron chi connectivity index (χ2n) is 4.86. The molecular weight excluding hydrogens is 309 g/mol. The minimum atomic E-state index is -4.62. The molecule has 1 aromatic carbocycles. The van der Waals surface area contributed by atoms with Gasteiger partial charge in [-0.25, -0.2) is 0 Å². The molecule has 0 atom stereocenters. The Hall–Kier alpha value is -0.710. The average Bonchev–Trinajstić information content (AvgIpc) is 2.24. The number of alkyl halides is 4. The summed E-state index contributed by atoms with van der Waals surface area (Å²) in [4.78, 5) is 0. The Morgan fingerprint density at radius 2 is 1.78 bits per heavy atom. The molecule has 1 aliphatic carbocycles. The predicted octanol–water partition coefficient (Wildman–Crippen LogP) is 4.69. The first-order chi connectivity index (χ1) is 8.42. The predicted molar refractivity (Wildman–Crippen MR) is 66.9 cm³/mol. The third kappa shape index (κ3) is 3.40. The second kappa shape index (κ2) is 5.11. The maximum atomic E-state index is 12.0. The highest BCUT2D eigenvalue weighted by Gasteiger charge is 2.36. The quantitative estimate of drug-likeness (QED) is 0.730. The summed E-state index contributed by atoms with van der Waals surface area (Å²) in [5.74, 6) is -0.159. The van der Waals surface area contributed by atoms with Gasteiger partial charge >= 0.3 is 6.36 Å². The van der Waals surface area contributed by atoms with E-state index in [9.17, 15) is 13.2 Å². The number of halogens is 4. The fourth-order valence-electron chi connectivity index (χ4n) is 2.28. The first-order valence-corrected chi connectivity index (χ1v) is 6.95. The lowest BCUT2D eigenvalue weighted by Gasteiger charge is -2.40. The van der Waals surface area contributed by atoms with Gasteiger partial charge in [0.15, 0.2) is 0 Å². The van der Waals surface area contributed by atoms with Crippen molar-refractivity contribution in [1.29, 1.82) is 0 Å². The maximum Gasteiger partial charge on any atom is 0.573 e. The molecule has 0 radical (unpaired) electrons. The van der Waals surface area contributed by atoms with Crippen molar-refractivity contribution >= 4 is 15.9 Å². The molecule has 0 N–H and O–H groups in total. The monoisotopic (exact) mass is 322 g/mol. The molecule has 5 heteroatoms. The molecule has 1 nitrogen and oxygen atoms in total. The summed E-state index contributed by atoms with van der Waals surface area (Å²) in [5.41, 5.74) is 1.36. The van der Waals surface area contributed by atoms with Gasteiger partial charge in [0.2, 0.25) is 0 Å². The zero-order valence-electron chi connectivity index (χ0n) is 9.77. The number of benzene rings is 1. The molecule has 0 aromatic heterocycles. The van der Waals surface area contributed by atoms with Crippen LogP contribution in [0.3, 0.4) is 0 Å². The van der Waals surface area contributed by atoms with Crippen LogP contribution in [0.25, 0.3) is 0 Å². The van der Waals surface area contributed by atoms with Crippen LogP contribution in [0.15, 0.2) is 24.3 Å². The van der Waals surface area contributed by atoms with Crippen molar-refractivity contribution in [3.8, 4) is 5.75 Å². The minimum absolute atomic E-state index is 0.159. The van der Waals surface area contributed by atoms with Gasteiger partial charge in [-0.2, -0.15) is 0 Å². The van der Waals surface area contributed by atoms with Gasteiger partial charge in [-0.15, -0.1) is 13.2 Å². The average molecular weight is 323 g/mol. The highest BCUT2D eigenvalue weighted by molar-refractivity contribution is 9.09. The molecule has 18 heavy (non-hydrogen) atoms. The molecule has 2 rings (SSSR count). The molecular formula is C13H14BrF3O. The van der Waals surface area contributed by atoms with Gasteiger partial charge in [0.05, 0.1) is 0 Å². The third-order valence-corrected chi connectivity index (χ3v) is 4.62. The van der Waals surface area contributed by atoms with Crippen molar-refractivity contribution in [3.05, 3.63) is 29.8 Å². The lowest BCUT2D eigenvalue weighted by atomic mass is 9.67. The Bertz CT molecular complexity index is 390. The lowest BCUT2D eigenvalue weighted by molar-refractivity contribution is -0.274. The molecule has 1 saturated carbocycles. The topological polar surface area (TPSA) is 9.23 Å². The summed E-state index contributed by atoms with van der Waals surface area (Å²) < 4.78 is 39.9. The van der Waals surface area contributed by atoms with Gasteiger partial charge in [0, 0.05) is 5.33 Å². The number of rotatable bonds is 4. The largest absolute Gasteiger partial charge is 0.573 e. The summed E-state index contributed by atoms with van der Waals surface area (Å²) in [6.45, 7) is 0. The van der Waals surface area contributed by atoms with Crippen LogP contribution in [0, 0.1) is 5.41 Å². The van der Waals surface area contributed by atoms with Gasteiger partial charge in [-0.3, -0.25) is 0 Å². The molecule has 1 aromatic rings. The Morgan fingerprint density at radius 1 is 1.17 bits per heavy atom. The van der Waals surface area contributed by atoms with Gasteiger partial charge in [0.1, 0.15) is 5.75 Å². The summed E-state index contributed by atoms with van der Waals surface area (Å²) in [7, 11) is 0. The number of ether oxygens (including phenoxy) is 1. The summed E-state index contributed by atoms with van der Waals surface area (Å²) in [6, 6.07) is 6.18. The smallest absolute Gasteiger partial charge is 0.406 e. The van der Waals surface area contributed by atoms with Crippen LogP contribution in [0.5, 0.6) is 5.75 Å². The maximum absolute atomic E-state index is 12.0. The molecule has 0 saturated heterocycles. The van der Waals surface area contributed by atoms with Crippen molar-refractivity contribution in [1.82, 2.24) is 0 Å². The van der Waals surface area contributed by atoms with Crippen LogP contribution in [0.2, 0.25) is 0 Å². The van der Waals surface area contributed by atoms with Crippen molar-refractivity contribution in [2.45, 2.75) is 32.0 Å². The highest BCUT2D eigenvalue weighted by Crippen LogP contribution is 2.45. The Balaban J connectivity index is 1.99. The molecule has 0 unspecified atom stereocenters. The van der Waals surface area contributed by atoms with Gasteiger partial charge in [0.25, 0.3) is 0 Å². The Labute approximate surface area is 112 Å². The highest BCUT2D eigenvalue weighted by atomic mass is 79.9. The normalized spacial score (nSPS) is 18.2. The molecule has 0 heterocycles. The number of hydrogen-bond acceptors (Lipinski definition) is 1. The van der Waals surface area contributed by atoms with E-state index in [1.807, 2.05) is 0 Å². The van der Waals surface area contributed by atoms with E-state index in [1.54, 1.807) is 12.1 Å². The van der Waals surface area contributed by atoms with Crippen LogP contribution < -0.4 is 4.74 Å². The second-order valence-corrected chi connectivity index (χ2v) is 5.42. The minimum Gasteiger partial charge on any atom is -0.406 e. The van der Waals surface area contributed by atoms with Gasteiger partial charge in [-0.1, -0.05) is 34.5 Å². The SMILES string of the molecule is FC(F)(F)Oc1ccc(CC2(CBr)CCC2)cc1. The zero-order valence-corrected chi connectivity index (χ0v) is 11.4. The van der Waals surface area contributed by atoms with Crippen molar-refractivity contribution in [2.75, 3.05) is 5.33 Å². The molecule has 0 amide bonds. The first kappa shape index (κ1) is 13.7. The first-order valence-electron chi connectivity index (χ1n) is 5.83. The molecule has 0 spiro atoms. The Morgan fingerprint density at radius 3 is 2.17 bits per heavy atom. The van der Waals surface area contributed by atoms with E-state index in [1.165, 1.54) is 31.4 Å². The van der Waals surface area contributed by atoms with Crippen molar-refractivity contribution < 1.29 is 17.9 Å². The molecule has 0 aliphatic heterocycles. The summed E-state index contributed by atoms with van der Waals surface area (Å²) >= 11 is 3.52. The van der Waals surface area contributed by atoms with Crippen LogP contribution in [-0.2, 0) is 6.42 Å². The Kier molecular flexibility index (Phi) is 3.90. The van der Waals surface area contributed by atoms with Crippen molar-refractivity contribution in [3.63, 3.8) is 0 Å². The molecule has 1 fully saturated rings. The fraction of sp³-hybridized carbons (Fsp3) is 0.538. The van der Waals surface area contributed by atoms with Crippen LogP contribution >= 0.6 is 15.9 Å². The van der Waals surface area contributed by atoms with Gasteiger partial charge in [-0.05, 0) is 42.4 Å². The van der Waals surface area contributed by atoms with E-state index in [-0.39, 0.29) is 5.75 Å². The number of hydrogen-bond donors (Lipinski definition) is 0. The zero-order chi connectivity index (χ0) is 13.2. The molecule has 0 bridgehead atoms. The molecule has 100 valence electrons. The molecule has 1 aliphatic rings. The summed E-state index contributed by atoms with van der Waals surface area (Å²) in [6.07, 6.45) is -0.115. The van der Waals surface area contributed by atoms with Gasteiger partial charge < -0.3 is 4.74 Å². The van der Waals surface area contributed by atoms with E-state index < -0.39 is 6.36 Å². The fourth-order valence-corrected chi connectivity index (χ4v) is 3.04. The van der Waals surface area contributed by atoms with E-state index in [0.717, 1.165) is 17.3 Å². The third-order valence-electron chi connectivity index (χ3n) is 3.43. The van der Waals surface area contributed by atoms with E-state index in [0.29, 0.717) is 5.41 Å². The van der Waals surface area contributed by atoms with E-state index >= 15 is 0 Å². The van der Waals surface area contributed by atoms with Crippen LogP contribution in [0.1, 0.15) is 24.8 Å². The van der Waals surface area contributed by atoms with Crippen LogP contribution in [-0.4, -0.2) is 11.7 Å².